The van der Waals surface area contributed by atoms with Gasteiger partial charge in [-0.15, -0.1) is 0 Å². The number of unbranched alkanes of at least 4 members (excludes halogenated alkanes) is 2. The van der Waals surface area contributed by atoms with Crippen molar-refractivity contribution in [1.82, 2.24) is 20.4 Å². The third-order valence-electron chi connectivity index (χ3n) is 9.39. The summed E-state index contributed by atoms with van der Waals surface area (Å²) in [6.45, 7) is 3.81. The molecule has 2 fully saturated rings. The first-order valence-electron chi connectivity index (χ1n) is 16.9. The topological polar surface area (TPSA) is 91.0 Å². The molecule has 0 saturated carbocycles. The van der Waals surface area contributed by atoms with Crippen molar-refractivity contribution in [3.63, 3.8) is 0 Å². The normalized spacial score (nSPS) is 17.9. The van der Waals surface area contributed by atoms with Crippen LogP contribution in [0.3, 0.4) is 0 Å². The highest BCUT2D eigenvalue weighted by Crippen LogP contribution is 2.34. The van der Waals surface area contributed by atoms with E-state index in [1.165, 1.54) is 11.1 Å². The number of piperidine rings is 1. The Hall–Kier alpha value is -4.17. The van der Waals surface area contributed by atoms with Gasteiger partial charge in [0.25, 0.3) is 0 Å². The Kier molecular flexibility index (Phi) is 12.2. The number of rotatable bonds is 15. The quantitative estimate of drug-likeness (QED) is 0.218. The SMILES string of the molecule is O=C(NCCCC[C@@H]1NC(=O)C2(CCN(CCc3ccccc3)CC2)N(CCCCc2ccccc2)C1=O)OCc1ccccc1. The fourth-order valence-electron chi connectivity index (χ4n) is 6.65. The van der Waals surface area contributed by atoms with Gasteiger partial charge in [-0.25, -0.2) is 4.79 Å². The Bertz CT molecular complexity index is 1380. The molecule has 1 spiro atoms. The lowest BCUT2D eigenvalue weighted by atomic mass is 9.81. The van der Waals surface area contributed by atoms with Crippen LogP contribution in [0.2, 0.25) is 0 Å². The third-order valence-corrected chi connectivity index (χ3v) is 9.39. The number of benzene rings is 3. The van der Waals surface area contributed by atoms with E-state index in [4.69, 9.17) is 4.74 Å². The standard InChI is InChI=1S/C38H48N4O4/c43-35-34(21-10-12-25-39-37(45)46-30-33-19-8-3-9-20-33)40-36(44)38(42(35)26-13-11-18-31-14-4-1-5-15-31)23-28-41(29-24-38)27-22-32-16-6-2-7-17-32/h1-9,14-17,19-20,34H,10-13,18,21-30H2,(H,39,45)(H,40,44)/t34-/m0/s1. The molecule has 3 amide bonds. The van der Waals surface area contributed by atoms with Crippen LogP contribution in [0.4, 0.5) is 4.79 Å². The first-order valence-corrected chi connectivity index (χ1v) is 16.9. The van der Waals surface area contributed by atoms with E-state index in [2.05, 4.69) is 64.1 Å². The minimum Gasteiger partial charge on any atom is -0.445 e. The zero-order chi connectivity index (χ0) is 32.0. The van der Waals surface area contributed by atoms with Crippen molar-refractivity contribution in [2.75, 3.05) is 32.7 Å². The molecule has 0 aromatic heterocycles. The Balaban J connectivity index is 1.12. The van der Waals surface area contributed by atoms with Gasteiger partial charge in [0.2, 0.25) is 11.8 Å². The predicted molar refractivity (Wildman–Crippen MR) is 180 cm³/mol. The minimum atomic E-state index is -0.784. The lowest BCUT2D eigenvalue weighted by molar-refractivity contribution is -0.161. The van der Waals surface area contributed by atoms with Gasteiger partial charge in [0.05, 0.1) is 0 Å². The van der Waals surface area contributed by atoms with Gasteiger partial charge in [-0.1, -0.05) is 91.0 Å². The molecule has 3 aromatic carbocycles. The van der Waals surface area contributed by atoms with Crippen LogP contribution >= 0.6 is 0 Å². The van der Waals surface area contributed by atoms with E-state index in [0.717, 1.165) is 50.9 Å². The first kappa shape index (κ1) is 33.2. The van der Waals surface area contributed by atoms with E-state index in [0.29, 0.717) is 45.2 Å². The molecule has 3 aromatic rings. The van der Waals surface area contributed by atoms with Crippen LogP contribution in [0.25, 0.3) is 0 Å². The summed E-state index contributed by atoms with van der Waals surface area (Å²) in [6.07, 6.45) is 6.55. The average Bonchev–Trinajstić information content (AvgIpc) is 3.10. The molecular weight excluding hydrogens is 576 g/mol. The van der Waals surface area contributed by atoms with Gasteiger partial charge < -0.3 is 25.2 Å². The average molecular weight is 625 g/mol. The second kappa shape index (κ2) is 16.9. The Morgan fingerprint density at radius 1 is 0.761 bits per heavy atom. The molecule has 1 atom stereocenters. The molecule has 8 nitrogen and oxygen atoms in total. The summed E-state index contributed by atoms with van der Waals surface area (Å²) >= 11 is 0. The summed E-state index contributed by atoms with van der Waals surface area (Å²) in [4.78, 5) is 44.3. The summed E-state index contributed by atoms with van der Waals surface area (Å²) in [7, 11) is 0. The van der Waals surface area contributed by atoms with Crippen LogP contribution in [0.15, 0.2) is 91.0 Å². The molecule has 2 saturated heterocycles. The second-order valence-corrected chi connectivity index (χ2v) is 12.6. The molecule has 2 heterocycles. The van der Waals surface area contributed by atoms with Crippen molar-refractivity contribution in [3.8, 4) is 0 Å². The Morgan fingerprint density at radius 2 is 1.37 bits per heavy atom. The maximum atomic E-state index is 14.0. The number of likely N-dealkylation sites (tertiary alicyclic amines) is 1. The van der Waals surface area contributed by atoms with Gasteiger partial charge in [-0.3, -0.25) is 9.59 Å². The van der Waals surface area contributed by atoms with Crippen LogP contribution in [-0.2, 0) is 33.8 Å². The highest BCUT2D eigenvalue weighted by molar-refractivity contribution is 6.00. The van der Waals surface area contributed by atoms with Gasteiger partial charge in [0.15, 0.2) is 0 Å². The lowest BCUT2D eigenvalue weighted by Gasteiger charge is -2.51. The largest absolute Gasteiger partial charge is 0.445 e. The minimum absolute atomic E-state index is 0.00881. The molecule has 2 aliphatic heterocycles. The van der Waals surface area contributed by atoms with E-state index in [1.54, 1.807) is 0 Å². The van der Waals surface area contributed by atoms with E-state index in [-0.39, 0.29) is 18.4 Å². The number of carbonyl (C=O) groups excluding carboxylic acids is 3. The molecule has 2 N–H and O–H groups in total. The number of nitrogens with one attached hydrogen (secondary N) is 2. The van der Waals surface area contributed by atoms with Crippen LogP contribution in [0, 0.1) is 0 Å². The number of piperazine rings is 1. The summed E-state index contributed by atoms with van der Waals surface area (Å²) < 4.78 is 5.28. The number of alkyl carbamates (subject to hydrolysis) is 1. The highest BCUT2D eigenvalue weighted by atomic mass is 16.5. The van der Waals surface area contributed by atoms with Crippen molar-refractivity contribution in [1.29, 1.82) is 0 Å². The summed E-state index contributed by atoms with van der Waals surface area (Å²) in [5, 5.41) is 5.91. The number of nitrogens with zero attached hydrogens (tertiary/aromatic N) is 2. The lowest BCUT2D eigenvalue weighted by Crippen LogP contribution is -2.72. The fraction of sp³-hybridized carbons (Fsp3) is 0.447. The van der Waals surface area contributed by atoms with Gasteiger partial charge >= 0.3 is 6.09 Å². The summed E-state index contributed by atoms with van der Waals surface area (Å²) in [5.41, 5.74) is 2.76. The zero-order valence-electron chi connectivity index (χ0n) is 26.9. The second-order valence-electron chi connectivity index (χ2n) is 12.6. The molecular formula is C38H48N4O4. The van der Waals surface area contributed by atoms with Crippen molar-refractivity contribution >= 4 is 17.9 Å². The zero-order valence-corrected chi connectivity index (χ0v) is 26.9. The van der Waals surface area contributed by atoms with Crippen LogP contribution < -0.4 is 10.6 Å². The van der Waals surface area contributed by atoms with Crippen LogP contribution in [-0.4, -0.2) is 72.0 Å². The van der Waals surface area contributed by atoms with Crippen molar-refractivity contribution < 1.29 is 19.1 Å². The van der Waals surface area contributed by atoms with Crippen molar-refractivity contribution in [3.05, 3.63) is 108 Å². The number of amides is 3. The van der Waals surface area contributed by atoms with Gasteiger partial charge in [0.1, 0.15) is 18.2 Å². The van der Waals surface area contributed by atoms with Crippen molar-refractivity contribution in [2.24, 2.45) is 0 Å². The maximum Gasteiger partial charge on any atom is 0.407 e. The van der Waals surface area contributed by atoms with Crippen molar-refractivity contribution in [2.45, 2.75) is 76.0 Å². The molecule has 244 valence electrons. The number of hydrogen-bond acceptors (Lipinski definition) is 5. The van der Waals surface area contributed by atoms with Gasteiger partial charge in [0, 0.05) is 32.7 Å². The molecule has 0 radical (unpaired) electrons. The molecule has 0 unspecified atom stereocenters. The molecule has 5 rings (SSSR count). The Morgan fingerprint density at radius 3 is 2.02 bits per heavy atom. The summed E-state index contributed by atoms with van der Waals surface area (Å²) in [5.74, 6) is 0.0257. The number of aryl methyl sites for hydroxylation is 1. The summed E-state index contributed by atoms with van der Waals surface area (Å²) in [6, 6.07) is 29.9. The van der Waals surface area contributed by atoms with E-state index in [1.807, 2.05) is 47.4 Å². The monoisotopic (exact) mass is 624 g/mol. The molecule has 0 bridgehead atoms. The first-order chi connectivity index (χ1) is 22.5. The number of hydrogen-bond donors (Lipinski definition) is 2. The van der Waals surface area contributed by atoms with Crippen LogP contribution in [0.5, 0.6) is 0 Å². The molecule has 8 heteroatoms. The Labute approximate surface area is 273 Å². The number of carbonyl (C=O) groups is 3. The van der Waals surface area contributed by atoms with Gasteiger partial charge in [-0.2, -0.15) is 0 Å². The molecule has 46 heavy (non-hydrogen) atoms. The van der Waals surface area contributed by atoms with Gasteiger partial charge in [-0.05, 0) is 74.5 Å². The van der Waals surface area contributed by atoms with E-state index >= 15 is 0 Å². The van der Waals surface area contributed by atoms with E-state index in [9.17, 15) is 14.4 Å². The predicted octanol–water partition coefficient (Wildman–Crippen LogP) is 5.51. The third kappa shape index (κ3) is 9.19. The maximum absolute atomic E-state index is 14.0. The van der Waals surface area contributed by atoms with E-state index < -0.39 is 17.7 Å². The highest BCUT2D eigenvalue weighted by Gasteiger charge is 2.53. The fourth-order valence-corrected chi connectivity index (χ4v) is 6.65. The van der Waals surface area contributed by atoms with Crippen LogP contribution in [0.1, 0.15) is 61.6 Å². The smallest absolute Gasteiger partial charge is 0.407 e. The molecule has 2 aliphatic rings. The number of ether oxygens (including phenoxy) is 1. The molecule has 0 aliphatic carbocycles.